The molecule has 4 bridgehead atoms. The number of anilines is 1. The van der Waals surface area contributed by atoms with Crippen LogP contribution in [-0.2, 0) is 42.9 Å². The molecule has 3 aliphatic heterocycles. The van der Waals surface area contributed by atoms with Gasteiger partial charge in [-0.05, 0) is 38.5 Å². The van der Waals surface area contributed by atoms with E-state index in [0.29, 0.717) is 11.1 Å². The Morgan fingerprint density at radius 3 is 2.41 bits per heavy atom. The summed E-state index contributed by atoms with van der Waals surface area (Å²) in [6, 6.07) is 2.18. The predicted molar refractivity (Wildman–Crippen MR) is 197 cm³/mol. The third kappa shape index (κ3) is 8.85. The molecule has 298 valence electrons. The first kappa shape index (κ1) is 42.6. The number of nitrogens with one attached hydrogen (secondary N) is 1. The molecule has 2 saturated heterocycles. The fourth-order valence-electron chi connectivity index (χ4n) is 6.90. The van der Waals surface area contributed by atoms with Gasteiger partial charge in [0.05, 0.1) is 25.3 Å². The van der Waals surface area contributed by atoms with Crippen LogP contribution in [0, 0.1) is 11.8 Å². The molecule has 3 amide bonds. The van der Waals surface area contributed by atoms with Crippen molar-refractivity contribution in [1.82, 2.24) is 10.2 Å². The van der Waals surface area contributed by atoms with E-state index in [-0.39, 0.29) is 34.7 Å². The number of benzene rings is 1. The van der Waals surface area contributed by atoms with E-state index in [9.17, 15) is 29.1 Å². The summed E-state index contributed by atoms with van der Waals surface area (Å²) < 4.78 is 34.9. The topological polar surface area (TPSA) is 183 Å². The van der Waals surface area contributed by atoms with E-state index >= 15 is 0 Å². The second-order valence-corrected chi connectivity index (χ2v) is 15.0. The quantitative estimate of drug-likeness (QED) is 0.229. The maximum absolute atomic E-state index is 14.2. The van der Waals surface area contributed by atoms with Crippen molar-refractivity contribution in [3.63, 3.8) is 0 Å². The zero-order valence-corrected chi connectivity index (χ0v) is 33.4. The second-order valence-electron chi connectivity index (χ2n) is 14.6. The van der Waals surface area contributed by atoms with Gasteiger partial charge in [0, 0.05) is 51.9 Å². The number of epoxide rings is 1. The second kappa shape index (κ2) is 16.7. The van der Waals surface area contributed by atoms with Gasteiger partial charge < -0.3 is 43.3 Å². The molecule has 2 fully saturated rings. The standard InChI is InChI=1S/C38H52ClN3O12/c1-19(2)34(45)41(8)22(5)35(46)53-29-17-30(44)42(9)25-15-24(16-26(49-10)31(25)39)32(51-23(6)43)20(3)13-12-14-28(50-11)38(48)18-27(52-36(47)40-38)21(4)33-37(29,7)54-33/h12-16,19,21-22,27-29,32-33,48H,17-18H2,1-11H3,(H,40,47)/b14-12+,20-13+. The number of amides is 3. The largest absolute Gasteiger partial charge is 0.495 e. The molecule has 0 saturated carbocycles. The van der Waals surface area contributed by atoms with E-state index in [2.05, 4.69) is 5.32 Å². The number of hydrogen-bond donors (Lipinski definition) is 2. The minimum atomic E-state index is -1.92. The molecular formula is C38H52ClN3O12. The molecule has 1 aromatic rings. The Morgan fingerprint density at radius 1 is 1.15 bits per heavy atom. The monoisotopic (exact) mass is 777 g/mol. The van der Waals surface area contributed by atoms with Gasteiger partial charge in [-0.3, -0.25) is 19.7 Å². The van der Waals surface area contributed by atoms with E-state index in [1.54, 1.807) is 65.0 Å². The summed E-state index contributed by atoms with van der Waals surface area (Å²) in [7, 11) is 5.78. The van der Waals surface area contributed by atoms with E-state index in [1.807, 2.05) is 0 Å². The Hall–Kier alpha value is -4.18. The van der Waals surface area contributed by atoms with Gasteiger partial charge in [-0.15, -0.1) is 0 Å². The Kier molecular flexibility index (Phi) is 13.1. The van der Waals surface area contributed by atoms with Crippen LogP contribution in [0.1, 0.15) is 73.0 Å². The van der Waals surface area contributed by atoms with Crippen molar-refractivity contribution in [2.24, 2.45) is 11.8 Å². The molecule has 4 rings (SSSR count). The van der Waals surface area contributed by atoms with Gasteiger partial charge in [-0.2, -0.15) is 0 Å². The molecule has 0 radical (unpaired) electrons. The first-order valence-corrected chi connectivity index (χ1v) is 18.1. The van der Waals surface area contributed by atoms with E-state index in [0.717, 1.165) is 0 Å². The number of hydrogen-bond acceptors (Lipinski definition) is 12. The third-order valence-corrected chi connectivity index (χ3v) is 10.8. The molecule has 1 aromatic carbocycles. The summed E-state index contributed by atoms with van der Waals surface area (Å²) in [6.45, 7) is 11.4. The highest BCUT2D eigenvalue weighted by Crippen LogP contribution is 2.49. The van der Waals surface area contributed by atoms with Gasteiger partial charge in [0.15, 0.2) is 5.72 Å². The summed E-state index contributed by atoms with van der Waals surface area (Å²) in [6.07, 6.45) is -1.43. The fourth-order valence-corrected chi connectivity index (χ4v) is 7.21. The predicted octanol–water partition coefficient (Wildman–Crippen LogP) is 4.23. The van der Waals surface area contributed by atoms with Gasteiger partial charge in [-0.25, -0.2) is 9.59 Å². The number of esters is 2. The van der Waals surface area contributed by atoms with Gasteiger partial charge in [0.2, 0.25) is 11.8 Å². The average molecular weight is 778 g/mol. The Labute approximate surface area is 320 Å². The summed E-state index contributed by atoms with van der Waals surface area (Å²) in [5, 5.41) is 14.4. The summed E-state index contributed by atoms with van der Waals surface area (Å²) >= 11 is 6.78. The van der Waals surface area contributed by atoms with E-state index in [4.69, 9.17) is 40.0 Å². The minimum Gasteiger partial charge on any atom is -0.495 e. The van der Waals surface area contributed by atoms with Crippen LogP contribution in [0.2, 0.25) is 5.02 Å². The van der Waals surface area contributed by atoms with Crippen molar-refractivity contribution in [3.05, 3.63) is 46.5 Å². The number of rotatable bonds is 7. The van der Waals surface area contributed by atoms with Crippen molar-refractivity contribution in [2.45, 2.75) is 109 Å². The highest BCUT2D eigenvalue weighted by molar-refractivity contribution is 6.35. The number of carbonyl (C=O) groups excluding carboxylic acids is 5. The highest BCUT2D eigenvalue weighted by Gasteiger charge is 2.64. The van der Waals surface area contributed by atoms with Crippen LogP contribution >= 0.6 is 11.6 Å². The maximum atomic E-state index is 14.2. The molecule has 15 nitrogen and oxygen atoms in total. The van der Waals surface area contributed by atoms with E-state index < -0.39 is 84.2 Å². The average Bonchev–Trinajstić information content (AvgIpc) is 3.81. The molecule has 16 heteroatoms. The molecule has 3 aliphatic rings. The Bertz CT molecular complexity index is 1700. The number of halogens is 1. The number of aliphatic hydroxyl groups is 1. The van der Waals surface area contributed by atoms with Crippen molar-refractivity contribution in [1.29, 1.82) is 0 Å². The zero-order chi connectivity index (χ0) is 40.4. The lowest BCUT2D eigenvalue weighted by molar-refractivity contribution is -0.162. The van der Waals surface area contributed by atoms with Crippen molar-refractivity contribution >= 4 is 47.1 Å². The molecule has 0 aliphatic carbocycles. The normalized spacial score (nSPS) is 32.2. The van der Waals surface area contributed by atoms with Crippen LogP contribution in [0.3, 0.4) is 0 Å². The zero-order valence-electron chi connectivity index (χ0n) is 32.6. The molecule has 3 heterocycles. The molecule has 54 heavy (non-hydrogen) atoms. The van der Waals surface area contributed by atoms with Crippen LogP contribution in [0.25, 0.3) is 0 Å². The number of ether oxygens (including phenoxy) is 6. The van der Waals surface area contributed by atoms with Gasteiger partial charge >= 0.3 is 18.0 Å². The Balaban J connectivity index is 1.86. The number of allylic oxidation sites excluding steroid dienone is 2. The minimum absolute atomic E-state index is 0.0974. The van der Waals surface area contributed by atoms with E-state index in [1.165, 1.54) is 52.0 Å². The van der Waals surface area contributed by atoms with Crippen molar-refractivity contribution in [3.8, 4) is 5.75 Å². The molecule has 0 aromatic heterocycles. The number of nitrogens with zero attached hydrogens (tertiary/aromatic N) is 2. The van der Waals surface area contributed by atoms with Gasteiger partial charge in [0.25, 0.3) is 0 Å². The van der Waals surface area contributed by atoms with Gasteiger partial charge in [-0.1, -0.05) is 50.6 Å². The summed E-state index contributed by atoms with van der Waals surface area (Å²) in [4.78, 5) is 68.5. The number of methoxy groups -OCH3 is 2. The maximum Gasteiger partial charge on any atom is 0.409 e. The van der Waals surface area contributed by atoms with Crippen LogP contribution in [0.4, 0.5) is 10.5 Å². The smallest absolute Gasteiger partial charge is 0.409 e. The third-order valence-electron chi connectivity index (χ3n) is 10.4. The van der Waals surface area contributed by atoms with Gasteiger partial charge in [0.1, 0.15) is 46.8 Å². The molecule has 0 spiro atoms. The molecular weight excluding hydrogens is 726 g/mol. The van der Waals surface area contributed by atoms with Crippen LogP contribution in [-0.4, -0.2) is 110 Å². The van der Waals surface area contributed by atoms with Crippen molar-refractivity contribution < 1.29 is 57.5 Å². The summed E-state index contributed by atoms with van der Waals surface area (Å²) in [5.74, 6) is -2.92. The number of likely N-dealkylation sites (N-methyl/N-ethyl adjacent to an activating group) is 1. The highest BCUT2D eigenvalue weighted by atomic mass is 35.5. The molecule has 9 atom stereocenters. The summed E-state index contributed by atoms with van der Waals surface area (Å²) in [5.41, 5.74) is -2.01. The lowest BCUT2D eigenvalue weighted by Crippen LogP contribution is -2.63. The molecule has 9 unspecified atom stereocenters. The SMILES string of the molecule is COc1cc2cc(c1Cl)N(C)C(=O)CC(OC(=O)C(C)N(C)C(=O)C(C)C)C1(C)OC1C(C)C1CC(O)(NC(=O)O1)C(OC)/C=C/C=C(\C)C2OC(C)=O. The van der Waals surface area contributed by atoms with Crippen LogP contribution in [0.5, 0.6) is 5.75 Å². The van der Waals surface area contributed by atoms with Crippen molar-refractivity contribution in [2.75, 3.05) is 33.2 Å². The lowest BCUT2D eigenvalue weighted by atomic mass is 9.83. The number of carbonyl (C=O) groups is 5. The molecule has 2 N–H and O–H groups in total. The fraction of sp³-hybridized carbons (Fsp3) is 0.605. The number of alkyl carbamates (subject to hydrolysis) is 1. The lowest BCUT2D eigenvalue weighted by Gasteiger charge is -2.42. The Morgan fingerprint density at radius 2 is 1.81 bits per heavy atom. The number of fused-ring (bicyclic) bond motifs is 5. The van der Waals surface area contributed by atoms with Crippen LogP contribution < -0.4 is 15.0 Å². The van der Waals surface area contributed by atoms with Crippen LogP contribution in [0.15, 0.2) is 35.9 Å². The first-order chi connectivity index (χ1) is 25.2. The first-order valence-electron chi connectivity index (χ1n) is 17.7.